The molecule has 0 radical (unpaired) electrons. The van der Waals surface area contributed by atoms with E-state index in [1.54, 1.807) is 17.6 Å². The maximum atomic E-state index is 4.91. The topological polar surface area (TPSA) is 69.8 Å². The molecule has 0 aliphatic carbocycles. The lowest BCUT2D eigenvalue weighted by molar-refractivity contribution is 0.169. The molecule has 2 aromatic heterocycles. The molecule has 0 atom stereocenters. The van der Waals surface area contributed by atoms with Crippen molar-refractivity contribution in [3.63, 3.8) is 0 Å². The van der Waals surface area contributed by atoms with Crippen molar-refractivity contribution in [2.75, 3.05) is 45.0 Å². The molecule has 1 fully saturated rings. The van der Waals surface area contributed by atoms with Crippen LogP contribution in [-0.2, 0) is 6.54 Å². The van der Waals surface area contributed by atoms with Crippen molar-refractivity contribution in [3.05, 3.63) is 29.6 Å². The first kappa shape index (κ1) is 22.4. The summed E-state index contributed by atoms with van der Waals surface area (Å²) in [6.45, 7) is 8.70. The van der Waals surface area contributed by atoms with Crippen LogP contribution in [0.25, 0.3) is 0 Å². The molecular weight excluding hydrogens is 495 g/mol. The van der Waals surface area contributed by atoms with Crippen LogP contribution in [0.3, 0.4) is 0 Å². The van der Waals surface area contributed by atoms with Crippen molar-refractivity contribution in [1.82, 2.24) is 25.3 Å². The number of hydrogen-bond donors (Lipinski definition) is 1. The second kappa shape index (κ2) is 12.6. The van der Waals surface area contributed by atoms with E-state index in [-0.39, 0.29) is 24.0 Å². The first-order chi connectivity index (χ1) is 12.8. The van der Waals surface area contributed by atoms with Crippen molar-refractivity contribution in [2.45, 2.75) is 24.2 Å². The van der Waals surface area contributed by atoms with Gasteiger partial charge < -0.3 is 14.7 Å². The first-order valence-corrected chi connectivity index (χ1v) is 10.9. The van der Waals surface area contributed by atoms with Crippen LogP contribution < -0.4 is 5.32 Å². The molecule has 3 heterocycles. The molecule has 1 aliphatic heterocycles. The lowest BCUT2D eigenvalue weighted by atomic mass is 10.3. The summed E-state index contributed by atoms with van der Waals surface area (Å²) in [7, 11) is 0. The molecule has 0 bridgehead atoms. The zero-order valence-corrected chi connectivity index (χ0v) is 19.5. The molecule has 2 aromatic rings. The van der Waals surface area contributed by atoms with Gasteiger partial charge in [0.2, 0.25) is 0 Å². The van der Waals surface area contributed by atoms with Gasteiger partial charge in [0.05, 0.1) is 5.69 Å². The highest BCUT2D eigenvalue weighted by molar-refractivity contribution is 14.0. The molecular formula is C17H27IN6OS2. The first-order valence-electron chi connectivity index (χ1n) is 9.02. The molecule has 0 unspecified atom stereocenters. The van der Waals surface area contributed by atoms with Crippen LogP contribution in [0.2, 0.25) is 0 Å². The average molecular weight is 522 g/mol. The zero-order chi connectivity index (χ0) is 18.0. The molecule has 0 amide bonds. The van der Waals surface area contributed by atoms with Crippen molar-refractivity contribution in [2.24, 2.45) is 4.99 Å². The Balaban J connectivity index is 0.00000261. The predicted octanol–water partition coefficient (Wildman–Crippen LogP) is 3.01. The molecule has 1 saturated heterocycles. The van der Waals surface area contributed by atoms with E-state index in [9.17, 15) is 0 Å². The van der Waals surface area contributed by atoms with Crippen molar-refractivity contribution >= 4 is 53.0 Å². The van der Waals surface area contributed by atoms with Gasteiger partial charge in [-0.05, 0) is 13.3 Å². The van der Waals surface area contributed by atoms with E-state index in [0.29, 0.717) is 0 Å². The Morgan fingerprint density at radius 1 is 1.37 bits per heavy atom. The summed E-state index contributed by atoms with van der Waals surface area (Å²) in [5, 5.41) is 9.45. The number of halogens is 1. The Hall–Kier alpha value is -0.850. The van der Waals surface area contributed by atoms with Crippen LogP contribution in [0.5, 0.6) is 0 Å². The van der Waals surface area contributed by atoms with E-state index >= 15 is 0 Å². The van der Waals surface area contributed by atoms with Gasteiger partial charge in [0.25, 0.3) is 0 Å². The fraction of sp³-hybridized carbons (Fsp3) is 0.588. The highest BCUT2D eigenvalue weighted by atomic mass is 127. The predicted molar refractivity (Wildman–Crippen MR) is 122 cm³/mol. The van der Waals surface area contributed by atoms with Crippen molar-refractivity contribution in [1.29, 1.82) is 0 Å². The number of guanidine groups is 1. The third-order valence-corrected chi connectivity index (χ3v) is 6.14. The highest BCUT2D eigenvalue weighted by Crippen LogP contribution is 2.20. The third-order valence-electron chi connectivity index (χ3n) is 4.08. The number of nitrogens with zero attached hydrogens (tertiary/aromatic N) is 5. The Morgan fingerprint density at radius 3 is 2.89 bits per heavy atom. The van der Waals surface area contributed by atoms with Crippen LogP contribution >= 0.6 is 47.1 Å². The largest absolute Gasteiger partial charge is 0.364 e. The third kappa shape index (κ3) is 7.59. The molecule has 7 nitrogen and oxygen atoms in total. The molecule has 1 N–H and O–H groups in total. The van der Waals surface area contributed by atoms with Gasteiger partial charge in [-0.3, -0.25) is 9.89 Å². The number of hydrogen-bond acceptors (Lipinski definition) is 7. The van der Waals surface area contributed by atoms with E-state index in [1.165, 1.54) is 0 Å². The number of rotatable bonds is 8. The zero-order valence-electron chi connectivity index (χ0n) is 15.5. The normalized spacial score (nSPS) is 15.6. The van der Waals surface area contributed by atoms with Crippen LogP contribution in [0.1, 0.15) is 19.0 Å². The lowest BCUT2D eigenvalue weighted by Crippen LogP contribution is -2.52. The summed E-state index contributed by atoms with van der Waals surface area (Å²) in [5.41, 5.74) is 0.997. The summed E-state index contributed by atoms with van der Waals surface area (Å²) >= 11 is 3.51. The molecule has 1 aliphatic rings. The number of piperazine rings is 1. The standard InChI is InChI=1S/C17H26N6OS2.HI/c1-2-18-16(19-5-3-12-25-17-20-6-13-26-17)23-9-7-22(8-10-23)14-15-4-11-24-21-15;/h4,6,11,13H,2-3,5,7-10,12,14H2,1H3,(H,18,19);1H. The summed E-state index contributed by atoms with van der Waals surface area (Å²) in [6.07, 6.45) is 4.55. The van der Waals surface area contributed by atoms with Gasteiger partial charge >= 0.3 is 0 Å². The van der Waals surface area contributed by atoms with Gasteiger partial charge in [-0.1, -0.05) is 16.9 Å². The van der Waals surface area contributed by atoms with E-state index in [2.05, 4.69) is 32.2 Å². The summed E-state index contributed by atoms with van der Waals surface area (Å²) in [5.74, 6) is 2.09. The minimum atomic E-state index is 0. The fourth-order valence-electron chi connectivity index (χ4n) is 2.78. The lowest BCUT2D eigenvalue weighted by Gasteiger charge is -2.36. The van der Waals surface area contributed by atoms with Crippen LogP contribution in [0, 0.1) is 0 Å². The molecule has 150 valence electrons. The highest BCUT2D eigenvalue weighted by Gasteiger charge is 2.20. The van der Waals surface area contributed by atoms with Crippen molar-refractivity contribution < 1.29 is 4.52 Å². The van der Waals surface area contributed by atoms with E-state index in [4.69, 9.17) is 9.52 Å². The van der Waals surface area contributed by atoms with Gasteiger partial charge in [0.15, 0.2) is 5.96 Å². The molecule has 10 heteroatoms. The van der Waals surface area contributed by atoms with Gasteiger partial charge in [0.1, 0.15) is 10.6 Å². The van der Waals surface area contributed by atoms with E-state index in [0.717, 1.165) is 74.0 Å². The number of aromatic nitrogens is 2. The number of thiazole rings is 1. The summed E-state index contributed by atoms with van der Waals surface area (Å²) < 4.78 is 6.06. The minimum Gasteiger partial charge on any atom is -0.364 e. The van der Waals surface area contributed by atoms with Crippen molar-refractivity contribution in [3.8, 4) is 0 Å². The van der Waals surface area contributed by atoms with Crippen LogP contribution in [0.4, 0.5) is 0 Å². The Bertz CT molecular complexity index is 644. The number of thioether (sulfide) groups is 1. The smallest absolute Gasteiger partial charge is 0.194 e. The maximum absolute atomic E-state index is 4.91. The number of aliphatic imine (C=N–C) groups is 1. The molecule has 3 rings (SSSR count). The molecule has 27 heavy (non-hydrogen) atoms. The van der Waals surface area contributed by atoms with Gasteiger partial charge in [-0.15, -0.1) is 35.3 Å². The maximum Gasteiger partial charge on any atom is 0.194 e. The Morgan fingerprint density at radius 2 is 2.22 bits per heavy atom. The van der Waals surface area contributed by atoms with Gasteiger partial charge in [0, 0.05) is 69.2 Å². The van der Waals surface area contributed by atoms with Crippen LogP contribution in [0.15, 0.2) is 37.8 Å². The molecule has 0 aromatic carbocycles. The molecule has 0 saturated carbocycles. The Labute approximate surface area is 186 Å². The second-order valence-electron chi connectivity index (χ2n) is 5.99. The Kier molecular flexibility index (Phi) is 10.5. The second-order valence-corrected chi connectivity index (χ2v) is 8.23. The minimum absolute atomic E-state index is 0. The number of nitrogens with one attached hydrogen (secondary N) is 1. The fourth-order valence-corrected chi connectivity index (χ4v) is 4.41. The van der Waals surface area contributed by atoms with Gasteiger partial charge in [-0.2, -0.15) is 0 Å². The summed E-state index contributed by atoms with van der Waals surface area (Å²) in [6, 6.07) is 1.93. The van der Waals surface area contributed by atoms with E-state index < -0.39 is 0 Å². The van der Waals surface area contributed by atoms with E-state index in [1.807, 2.05) is 29.4 Å². The van der Waals surface area contributed by atoms with Gasteiger partial charge in [-0.25, -0.2) is 4.98 Å². The quantitative estimate of drug-likeness (QED) is 0.188. The average Bonchev–Trinajstić information content (AvgIpc) is 3.35. The summed E-state index contributed by atoms with van der Waals surface area (Å²) in [4.78, 5) is 13.9. The monoisotopic (exact) mass is 522 g/mol. The SMILES string of the molecule is CCNC(=NCCCSc1nccs1)N1CCN(Cc2ccon2)CC1.I. The van der Waals surface area contributed by atoms with Crippen LogP contribution in [-0.4, -0.2) is 70.9 Å². The molecule has 0 spiro atoms.